The molecule has 2 rings (SSSR count). The molecule has 0 spiro atoms. The average molecular weight is 231 g/mol. The summed E-state index contributed by atoms with van der Waals surface area (Å²) < 4.78 is 7.04. The molecule has 0 aliphatic rings. The Morgan fingerprint density at radius 3 is 2.94 bits per heavy atom. The molecule has 4 heteroatoms. The van der Waals surface area contributed by atoms with E-state index in [4.69, 9.17) is 9.84 Å². The molecule has 0 aliphatic carbocycles. The lowest BCUT2D eigenvalue weighted by Gasteiger charge is -2.01. The summed E-state index contributed by atoms with van der Waals surface area (Å²) in [6, 6.07) is 7.81. The average Bonchev–Trinajstić information content (AvgIpc) is 2.66. The van der Waals surface area contributed by atoms with Crippen molar-refractivity contribution in [1.82, 2.24) is 4.57 Å². The zero-order valence-corrected chi connectivity index (χ0v) is 9.46. The van der Waals surface area contributed by atoms with Crippen LogP contribution in [-0.4, -0.2) is 22.8 Å². The Morgan fingerprint density at radius 2 is 2.24 bits per heavy atom. The van der Waals surface area contributed by atoms with E-state index in [-0.39, 0.29) is 0 Å². The molecule has 0 saturated heterocycles. The van der Waals surface area contributed by atoms with Crippen LogP contribution in [0.25, 0.3) is 17.0 Å². The van der Waals surface area contributed by atoms with E-state index >= 15 is 0 Å². The minimum Gasteiger partial charge on any atom is -0.478 e. The molecule has 0 atom stereocenters. The summed E-state index contributed by atoms with van der Waals surface area (Å²) in [6.07, 6.45) is 4.61. The third-order valence-electron chi connectivity index (χ3n) is 2.49. The predicted octanol–water partition coefficient (Wildman–Crippen LogP) is 2.34. The third kappa shape index (κ3) is 2.37. The highest BCUT2D eigenvalue weighted by atomic mass is 16.5. The van der Waals surface area contributed by atoms with Crippen LogP contribution in [0.3, 0.4) is 0 Å². The van der Waals surface area contributed by atoms with Gasteiger partial charge in [-0.3, -0.25) is 0 Å². The number of methoxy groups -OCH3 is 1. The number of para-hydroxylation sites is 1. The number of carboxylic acid groups (broad SMARTS) is 1. The lowest BCUT2D eigenvalue weighted by molar-refractivity contribution is -0.131. The quantitative estimate of drug-likeness (QED) is 0.822. The first kappa shape index (κ1) is 11.4. The molecule has 0 aliphatic heterocycles. The minimum atomic E-state index is -0.950. The van der Waals surface area contributed by atoms with Crippen LogP contribution in [0.1, 0.15) is 5.56 Å². The molecule has 2 aromatic rings. The van der Waals surface area contributed by atoms with Crippen molar-refractivity contribution in [3.05, 3.63) is 42.1 Å². The van der Waals surface area contributed by atoms with Crippen LogP contribution in [0.15, 0.2) is 36.5 Å². The van der Waals surface area contributed by atoms with Crippen molar-refractivity contribution >= 4 is 22.9 Å². The van der Waals surface area contributed by atoms with Gasteiger partial charge in [-0.05, 0) is 12.1 Å². The van der Waals surface area contributed by atoms with Gasteiger partial charge in [0.1, 0.15) is 6.73 Å². The lowest BCUT2D eigenvalue weighted by Crippen LogP contribution is -1.96. The highest BCUT2D eigenvalue weighted by molar-refractivity contribution is 5.93. The van der Waals surface area contributed by atoms with Crippen molar-refractivity contribution < 1.29 is 14.6 Å². The van der Waals surface area contributed by atoms with E-state index in [2.05, 4.69) is 0 Å². The number of carboxylic acids is 1. The summed E-state index contributed by atoms with van der Waals surface area (Å²) >= 11 is 0. The second-order valence-corrected chi connectivity index (χ2v) is 3.66. The van der Waals surface area contributed by atoms with E-state index in [1.54, 1.807) is 13.2 Å². The largest absolute Gasteiger partial charge is 0.478 e. The van der Waals surface area contributed by atoms with Crippen molar-refractivity contribution in [2.24, 2.45) is 0 Å². The number of rotatable bonds is 4. The number of hydrogen-bond acceptors (Lipinski definition) is 2. The van der Waals surface area contributed by atoms with Gasteiger partial charge in [0.2, 0.25) is 0 Å². The molecule has 0 radical (unpaired) electrons. The van der Waals surface area contributed by atoms with Crippen molar-refractivity contribution in [2.75, 3.05) is 7.11 Å². The Balaban J connectivity index is 2.52. The molecule has 0 saturated carbocycles. The zero-order valence-electron chi connectivity index (χ0n) is 9.46. The molecule has 1 aromatic heterocycles. The van der Waals surface area contributed by atoms with Gasteiger partial charge in [-0.1, -0.05) is 18.2 Å². The first-order valence-electron chi connectivity index (χ1n) is 5.20. The Morgan fingerprint density at radius 1 is 1.47 bits per heavy atom. The molecule has 1 heterocycles. The van der Waals surface area contributed by atoms with Crippen molar-refractivity contribution in [3.63, 3.8) is 0 Å². The molecular formula is C13H13NO3. The van der Waals surface area contributed by atoms with Gasteiger partial charge in [-0.2, -0.15) is 0 Å². The van der Waals surface area contributed by atoms with Crippen LogP contribution in [0, 0.1) is 0 Å². The van der Waals surface area contributed by atoms with Crippen LogP contribution < -0.4 is 0 Å². The van der Waals surface area contributed by atoms with Crippen molar-refractivity contribution in [2.45, 2.75) is 6.73 Å². The number of aliphatic carboxylic acids is 1. The molecule has 1 aromatic carbocycles. The predicted molar refractivity (Wildman–Crippen MR) is 65.6 cm³/mol. The lowest BCUT2D eigenvalue weighted by atomic mass is 10.1. The SMILES string of the molecule is COCn1cc(C=CC(=O)O)c2ccccc21. The Bertz CT molecular complexity index is 569. The molecule has 0 amide bonds. The van der Waals surface area contributed by atoms with Crippen LogP contribution >= 0.6 is 0 Å². The normalized spacial score (nSPS) is 11.4. The maximum absolute atomic E-state index is 10.5. The van der Waals surface area contributed by atoms with E-state index in [9.17, 15) is 4.79 Å². The summed E-state index contributed by atoms with van der Waals surface area (Å²) in [5, 5.41) is 9.65. The van der Waals surface area contributed by atoms with Crippen LogP contribution in [0.4, 0.5) is 0 Å². The number of aromatic nitrogens is 1. The highest BCUT2D eigenvalue weighted by Gasteiger charge is 2.05. The molecule has 1 N–H and O–H groups in total. The summed E-state index contributed by atoms with van der Waals surface area (Å²) in [5.74, 6) is -0.950. The van der Waals surface area contributed by atoms with E-state index in [1.165, 1.54) is 0 Å². The van der Waals surface area contributed by atoms with Gasteiger partial charge in [0.15, 0.2) is 0 Å². The molecular weight excluding hydrogens is 218 g/mol. The number of carbonyl (C=O) groups is 1. The smallest absolute Gasteiger partial charge is 0.328 e. The fourth-order valence-electron chi connectivity index (χ4n) is 1.81. The van der Waals surface area contributed by atoms with E-state index in [0.29, 0.717) is 6.73 Å². The Labute approximate surface area is 98.7 Å². The second kappa shape index (κ2) is 4.84. The first-order valence-corrected chi connectivity index (χ1v) is 5.20. The van der Waals surface area contributed by atoms with Crippen LogP contribution in [-0.2, 0) is 16.3 Å². The molecule has 88 valence electrons. The van der Waals surface area contributed by atoms with Gasteiger partial charge in [-0.15, -0.1) is 0 Å². The number of hydrogen-bond donors (Lipinski definition) is 1. The summed E-state index contributed by atoms with van der Waals surface area (Å²) in [5.41, 5.74) is 1.90. The van der Waals surface area contributed by atoms with E-state index < -0.39 is 5.97 Å². The maximum atomic E-state index is 10.5. The fourth-order valence-corrected chi connectivity index (χ4v) is 1.81. The number of fused-ring (bicyclic) bond motifs is 1. The third-order valence-corrected chi connectivity index (χ3v) is 2.49. The van der Waals surface area contributed by atoms with Gasteiger partial charge in [-0.25, -0.2) is 4.79 Å². The number of benzene rings is 1. The monoisotopic (exact) mass is 231 g/mol. The Kier molecular flexibility index (Phi) is 3.25. The topological polar surface area (TPSA) is 51.5 Å². The molecule has 4 nitrogen and oxygen atoms in total. The van der Waals surface area contributed by atoms with Gasteiger partial charge in [0.05, 0.1) is 5.52 Å². The zero-order chi connectivity index (χ0) is 12.3. The van der Waals surface area contributed by atoms with Crippen molar-refractivity contribution in [3.8, 4) is 0 Å². The fraction of sp³-hybridized carbons (Fsp3) is 0.154. The Hall–Kier alpha value is -2.07. The number of nitrogens with zero attached hydrogens (tertiary/aromatic N) is 1. The van der Waals surface area contributed by atoms with E-state index in [0.717, 1.165) is 22.5 Å². The molecule has 0 unspecified atom stereocenters. The standard InChI is InChI=1S/C13H13NO3/c1-17-9-14-8-10(6-7-13(15)16)11-4-2-3-5-12(11)14/h2-8H,9H2,1H3,(H,15,16). The molecule has 0 bridgehead atoms. The molecule has 17 heavy (non-hydrogen) atoms. The van der Waals surface area contributed by atoms with Crippen LogP contribution in [0.2, 0.25) is 0 Å². The van der Waals surface area contributed by atoms with E-state index in [1.807, 2.05) is 35.0 Å². The number of ether oxygens (including phenoxy) is 1. The summed E-state index contributed by atoms with van der Waals surface area (Å²) in [7, 11) is 1.63. The molecule has 0 fully saturated rings. The summed E-state index contributed by atoms with van der Waals surface area (Å²) in [4.78, 5) is 10.5. The van der Waals surface area contributed by atoms with Gasteiger partial charge < -0.3 is 14.4 Å². The highest BCUT2D eigenvalue weighted by Crippen LogP contribution is 2.22. The van der Waals surface area contributed by atoms with Gasteiger partial charge >= 0.3 is 5.97 Å². The minimum absolute atomic E-state index is 0.446. The first-order chi connectivity index (χ1) is 8.22. The maximum Gasteiger partial charge on any atom is 0.328 e. The van der Waals surface area contributed by atoms with Crippen molar-refractivity contribution in [1.29, 1.82) is 0 Å². The van der Waals surface area contributed by atoms with Crippen LogP contribution in [0.5, 0.6) is 0 Å². The second-order valence-electron chi connectivity index (χ2n) is 3.66. The van der Waals surface area contributed by atoms with Gasteiger partial charge in [0, 0.05) is 30.3 Å². The van der Waals surface area contributed by atoms with Gasteiger partial charge in [0.25, 0.3) is 0 Å². The summed E-state index contributed by atoms with van der Waals surface area (Å²) in [6.45, 7) is 0.446.